The van der Waals surface area contributed by atoms with Crippen LogP contribution >= 0.6 is 0 Å². The summed E-state index contributed by atoms with van der Waals surface area (Å²) in [4.78, 5) is 52.2. The van der Waals surface area contributed by atoms with Crippen molar-refractivity contribution in [3.05, 3.63) is 137 Å². The van der Waals surface area contributed by atoms with E-state index in [0.29, 0.717) is 0 Å². The lowest BCUT2D eigenvalue weighted by molar-refractivity contribution is -0.117. The molecule has 238 valence electrons. The van der Waals surface area contributed by atoms with E-state index in [0.717, 1.165) is 11.1 Å². The van der Waals surface area contributed by atoms with Gasteiger partial charge in [-0.3, -0.25) is 4.79 Å². The van der Waals surface area contributed by atoms with Crippen LogP contribution in [0.25, 0.3) is 0 Å². The Morgan fingerprint density at radius 2 is 1.22 bits per heavy atom. The molecule has 0 radical (unpaired) electrons. The Bertz CT molecular complexity index is 1600. The first kappa shape index (κ1) is 33.4. The molecule has 2 amide bonds. The first-order valence-corrected chi connectivity index (χ1v) is 14.6. The van der Waals surface area contributed by atoms with Crippen LogP contribution in [0.4, 0.5) is 14.9 Å². The van der Waals surface area contributed by atoms with Crippen molar-refractivity contribution < 1.29 is 37.8 Å². The third-order valence-electron chi connectivity index (χ3n) is 6.54. The summed E-state index contributed by atoms with van der Waals surface area (Å²) in [5.74, 6) is -4.05. The molecule has 10 heteroatoms. The number of hydrogen-bond acceptors (Lipinski definition) is 7. The Morgan fingerprint density at radius 1 is 0.717 bits per heavy atom. The molecular weight excluding hydrogens is 591 g/mol. The molecule has 1 unspecified atom stereocenters. The Hall–Kier alpha value is -5.51. The molecule has 4 aromatic rings. The standard InChI is InChI=1S/C36H35FN2O7/c1-36(2,3)46-35(43)38-21-30(29-16-10-11-17-31(29)37)32(40)39-28-19-26(33(41)44-22-24-12-6-4-7-13-24)18-27(20-28)34(42)45-23-25-14-8-5-9-15-25/h4-20,30H,21-23H2,1-3H3,(H,38,43)(H,39,40). The lowest BCUT2D eigenvalue weighted by Gasteiger charge is -2.22. The molecule has 4 rings (SSSR count). The fraction of sp³-hybridized carbons (Fsp3) is 0.222. The summed E-state index contributed by atoms with van der Waals surface area (Å²) < 4.78 is 31.1. The van der Waals surface area contributed by atoms with Crippen molar-refractivity contribution in [2.45, 2.75) is 45.5 Å². The topological polar surface area (TPSA) is 120 Å². The molecule has 0 spiro atoms. The maximum Gasteiger partial charge on any atom is 0.407 e. The van der Waals surface area contributed by atoms with E-state index in [-0.39, 0.29) is 42.1 Å². The van der Waals surface area contributed by atoms with Gasteiger partial charge in [-0.1, -0.05) is 78.9 Å². The van der Waals surface area contributed by atoms with E-state index in [2.05, 4.69) is 10.6 Å². The van der Waals surface area contributed by atoms with Crippen LogP contribution in [-0.2, 0) is 32.2 Å². The van der Waals surface area contributed by atoms with Gasteiger partial charge in [-0.05, 0) is 56.2 Å². The Kier molecular flexibility index (Phi) is 11.2. The van der Waals surface area contributed by atoms with Gasteiger partial charge in [-0.25, -0.2) is 18.8 Å². The smallest absolute Gasteiger partial charge is 0.407 e. The lowest BCUT2D eigenvalue weighted by Crippen LogP contribution is -2.38. The third-order valence-corrected chi connectivity index (χ3v) is 6.54. The summed E-state index contributed by atoms with van der Waals surface area (Å²) in [5.41, 5.74) is 0.771. The maximum absolute atomic E-state index is 14.9. The number of carbonyl (C=O) groups is 4. The molecule has 4 aromatic carbocycles. The fourth-order valence-corrected chi connectivity index (χ4v) is 4.38. The van der Waals surface area contributed by atoms with E-state index >= 15 is 0 Å². The molecule has 0 heterocycles. The molecule has 1 atom stereocenters. The number of alkyl carbamates (subject to hydrolysis) is 1. The van der Waals surface area contributed by atoms with Gasteiger partial charge in [0.2, 0.25) is 5.91 Å². The van der Waals surface area contributed by atoms with Crippen molar-refractivity contribution in [3.8, 4) is 0 Å². The van der Waals surface area contributed by atoms with Gasteiger partial charge in [0, 0.05) is 17.8 Å². The van der Waals surface area contributed by atoms with Crippen LogP contribution in [0.3, 0.4) is 0 Å². The Morgan fingerprint density at radius 3 is 1.72 bits per heavy atom. The van der Waals surface area contributed by atoms with E-state index in [1.165, 1.54) is 36.4 Å². The number of nitrogens with one attached hydrogen (secondary N) is 2. The zero-order valence-corrected chi connectivity index (χ0v) is 25.7. The summed E-state index contributed by atoms with van der Waals surface area (Å²) in [6.45, 7) is 4.73. The van der Waals surface area contributed by atoms with Crippen molar-refractivity contribution in [1.82, 2.24) is 5.32 Å². The van der Waals surface area contributed by atoms with E-state index in [1.807, 2.05) is 36.4 Å². The molecule has 0 aliphatic carbocycles. The number of anilines is 1. The number of hydrogen-bond donors (Lipinski definition) is 2. The minimum Gasteiger partial charge on any atom is -0.457 e. The lowest BCUT2D eigenvalue weighted by atomic mass is 9.97. The third kappa shape index (κ3) is 10.0. The maximum atomic E-state index is 14.9. The highest BCUT2D eigenvalue weighted by molar-refractivity contribution is 6.01. The zero-order valence-electron chi connectivity index (χ0n) is 25.7. The van der Waals surface area contributed by atoms with Crippen LogP contribution in [0.5, 0.6) is 0 Å². The van der Waals surface area contributed by atoms with E-state index in [4.69, 9.17) is 14.2 Å². The van der Waals surface area contributed by atoms with Crippen molar-refractivity contribution in [2.75, 3.05) is 11.9 Å². The highest BCUT2D eigenvalue weighted by atomic mass is 19.1. The van der Waals surface area contributed by atoms with Crippen molar-refractivity contribution >= 4 is 29.6 Å². The predicted octanol–water partition coefficient (Wildman–Crippen LogP) is 6.79. The monoisotopic (exact) mass is 626 g/mol. The highest BCUT2D eigenvalue weighted by Gasteiger charge is 2.27. The van der Waals surface area contributed by atoms with Crippen LogP contribution in [0.2, 0.25) is 0 Å². The molecule has 0 aromatic heterocycles. The number of ether oxygens (including phenoxy) is 3. The second kappa shape index (κ2) is 15.5. The second-order valence-corrected chi connectivity index (χ2v) is 11.4. The van der Waals surface area contributed by atoms with Gasteiger partial charge in [0.25, 0.3) is 0 Å². The van der Waals surface area contributed by atoms with Gasteiger partial charge in [-0.2, -0.15) is 0 Å². The number of carbonyl (C=O) groups excluding carboxylic acids is 4. The molecule has 0 fully saturated rings. The summed E-state index contributed by atoms with van der Waals surface area (Å²) >= 11 is 0. The number of benzene rings is 4. The predicted molar refractivity (Wildman–Crippen MR) is 170 cm³/mol. The van der Waals surface area contributed by atoms with Crippen molar-refractivity contribution in [1.29, 1.82) is 0 Å². The van der Waals surface area contributed by atoms with Gasteiger partial charge in [-0.15, -0.1) is 0 Å². The molecule has 9 nitrogen and oxygen atoms in total. The molecule has 0 bridgehead atoms. The molecule has 0 aliphatic heterocycles. The second-order valence-electron chi connectivity index (χ2n) is 11.4. The minimum atomic E-state index is -1.20. The van der Waals surface area contributed by atoms with E-state index in [1.54, 1.807) is 51.1 Å². The SMILES string of the molecule is CC(C)(C)OC(=O)NCC(C(=O)Nc1cc(C(=O)OCc2ccccc2)cc(C(=O)OCc2ccccc2)c1)c1ccccc1F. The van der Waals surface area contributed by atoms with Crippen LogP contribution in [0.1, 0.15) is 64.1 Å². The average molecular weight is 627 g/mol. The van der Waals surface area contributed by atoms with Crippen LogP contribution < -0.4 is 10.6 Å². The normalized spacial score (nSPS) is 11.6. The Balaban J connectivity index is 1.60. The van der Waals surface area contributed by atoms with Crippen molar-refractivity contribution in [2.24, 2.45) is 0 Å². The first-order valence-electron chi connectivity index (χ1n) is 14.6. The minimum absolute atomic E-state index is 0.0181. The summed E-state index contributed by atoms with van der Waals surface area (Å²) in [6, 6.07) is 27.8. The Labute approximate surface area is 266 Å². The average Bonchev–Trinajstić information content (AvgIpc) is 3.03. The molecular formula is C36H35FN2O7. The largest absolute Gasteiger partial charge is 0.457 e. The van der Waals surface area contributed by atoms with Crippen molar-refractivity contribution in [3.63, 3.8) is 0 Å². The molecule has 0 saturated carbocycles. The van der Waals surface area contributed by atoms with Crippen LogP contribution in [-0.4, -0.2) is 36.1 Å². The van der Waals surface area contributed by atoms with Gasteiger partial charge in [0.1, 0.15) is 24.6 Å². The van der Waals surface area contributed by atoms with Crippen LogP contribution in [0.15, 0.2) is 103 Å². The first-order chi connectivity index (χ1) is 22.0. The number of amides is 2. The number of esters is 2. The van der Waals surface area contributed by atoms with Crippen LogP contribution in [0, 0.1) is 5.82 Å². The van der Waals surface area contributed by atoms with E-state index < -0.39 is 41.3 Å². The zero-order chi connectivity index (χ0) is 33.1. The van der Waals surface area contributed by atoms with E-state index in [9.17, 15) is 23.6 Å². The number of halogens is 1. The quantitative estimate of drug-likeness (QED) is 0.139. The van der Waals surface area contributed by atoms with Gasteiger partial charge >= 0.3 is 18.0 Å². The molecule has 0 saturated heterocycles. The summed E-state index contributed by atoms with van der Waals surface area (Å²) in [5, 5.41) is 5.18. The number of rotatable bonds is 11. The summed E-state index contributed by atoms with van der Waals surface area (Å²) in [6.07, 6.45) is -0.784. The fourth-order valence-electron chi connectivity index (χ4n) is 4.38. The highest BCUT2D eigenvalue weighted by Crippen LogP contribution is 2.24. The molecule has 2 N–H and O–H groups in total. The van der Waals surface area contributed by atoms with Gasteiger partial charge in [0.05, 0.1) is 17.0 Å². The summed E-state index contributed by atoms with van der Waals surface area (Å²) in [7, 11) is 0. The van der Waals surface area contributed by atoms with Gasteiger partial charge in [0.15, 0.2) is 0 Å². The molecule has 0 aliphatic rings. The molecule has 46 heavy (non-hydrogen) atoms. The van der Waals surface area contributed by atoms with Gasteiger partial charge < -0.3 is 24.8 Å².